The van der Waals surface area contributed by atoms with E-state index in [4.69, 9.17) is 4.98 Å². The lowest BCUT2D eigenvalue weighted by molar-refractivity contribution is 0.0698. The van der Waals surface area contributed by atoms with Crippen LogP contribution in [0.15, 0.2) is 48.8 Å². The van der Waals surface area contributed by atoms with Crippen molar-refractivity contribution in [3.05, 3.63) is 59.9 Å². The van der Waals surface area contributed by atoms with Gasteiger partial charge in [0.25, 0.3) is 0 Å². The number of para-hydroxylation sites is 2. The summed E-state index contributed by atoms with van der Waals surface area (Å²) in [6.07, 6.45) is 5.26. The van der Waals surface area contributed by atoms with Crippen LogP contribution in [0.4, 0.5) is 11.6 Å². The first-order valence-electron chi connectivity index (χ1n) is 10.6. The van der Waals surface area contributed by atoms with Gasteiger partial charge < -0.3 is 15.3 Å². The highest BCUT2D eigenvalue weighted by Crippen LogP contribution is 2.31. The zero-order chi connectivity index (χ0) is 21.4. The maximum Gasteiger partial charge on any atom is 0.337 e. The minimum atomic E-state index is -0.955. The maximum atomic E-state index is 11.6. The van der Waals surface area contributed by atoms with Gasteiger partial charge in [0.05, 0.1) is 17.1 Å². The highest BCUT2D eigenvalue weighted by molar-refractivity contribution is 5.96. The van der Waals surface area contributed by atoms with Crippen molar-refractivity contribution in [3.63, 3.8) is 0 Å². The molecule has 5 rings (SSSR count). The minimum absolute atomic E-state index is 0.156. The van der Waals surface area contributed by atoms with Crippen molar-refractivity contribution in [2.45, 2.75) is 32.2 Å². The second-order valence-electron chi connectivity index (χ2n) is 7.94. The first-order chi connectivity index (χ1) is 15.1. The van der Waals surface area contributed by atoms with E-state index in [1.54, 1.807) is 24.5 Å². The smallest absolute Gasteiger partial charge is 0.337 e. The number of fused-ring (bicyclic) bond motifs is 3. The normalized spacial score (nSPS) is 15.3. The highest BCUT2D eigenvalue weighted by atomic mass is 16.4. The van der Waals surface area contributed by atoms with Crippen LogP contribution in [0, 0.1) is 0 Å². The molecule has 1 fully saturated rings. The van der Waals surface area contributed by atoms with E-state index < -0.39 is 5.97 Å². The number of nitrogens with zero attached hydrogens (tertiary/aromatic N) is 5. The van der Waals surface area contributed by atoms with E-state index in [-0.39, 0.29) is 11.6 Å². The number of hydrogen-bond acceptors (Lipinski definition) is 6. The van der Waals surface area contributed by atoms with Crippen LogP contribution in [0.3, 0.4) is 0 Å². The third-order valence-electron chi connectivity index (χ3n) is 5.92. The van der Waals surface area contributed by atoms with Gasteiger partial charge in [0.2, 0.25) is 5.95 Å². The van der Waals surface area contributed by atoms with Crippen molar-refractivity contribution in [2.24, 2.45) is 0 Å². The van der Waals surface area contributed by atoms with E-state index in [0.29, 0.717) is 5.69 Å². The fourth-order valence-corrected chi connectivity index (χ4v) is 4.36. The average Bonchev–Trinajstić information content (AvgIpc) is 3.29. The second-order valence-corrected chi connectivity index (χ2v) is 7.94. The Morgan fingerprint density at radius 1 is 1.10 bits per heavy atom. The highest BCUT2D eigenvalue weighted by Gasteiger charge is 2.21. The molecule has 0 radical (unpaired) electrons. The molecule has 1 aliphatic rings. The molecule has 3 heterocycles. The van der Waals surface area contributed by atoms with Gasteiger partial charge in [-0.3, -0.25) is 4.40 Å². The number of aromatic nitrogens is 4. The lowest BCUT2D eigenvalue weighted by Gasteiger charge is -2.28. The molecule has 2 aromatic heterocycles. The van der Waals surface area contributed by atoms with Crippen molar-refractivity contribution in [2.75, 3.05) is 23.3 Å². The molecule has 8 nitrogen and oxygen atoms in total. The number of benzene rings is 2. The molecule has 2 N–H and O–H groups in total. The quantitative estimate of drug-likeness (QED) is 0.505. The molecular weight excluding hydrogens is 392 g/mol. The van der Waals surface area contributed by atoms with Crippen LogP contribution in [-0.4, -0.2) is 43.7 Å². The topological polar surface area (TPSA) is 95.6 Å². The predicted octanol–water partition coefficient (Wildman–Crippen LogP) is 4.14. The Morgan fingerprint density at radius 2 is 1.90 bits per heavy atom. The molecule has 1 aliphatic heterocycles. The van der Waals surface area contributed by atoms with Crippen molar-refractivity contribution in [1.82, 2.24) is 19.6 Å². The van der Waals surface area contributed by atoms with Crippen LogP contribution in [0.2, 0.25) is 0 Å². The molecule has 0 spiro atoms. The summed E-state index contributed by atoms with van der Waals surface area (Å²) in [6, 6.07) is 12.8. The van der Waals surface area contributed by atoms with Crippen LogP contribution < -0.4 is 10.2 Å². The Labute approximate surface area is 179 Å². The lowest BCUT2D eigenvalue weighted by Crippen LogP contribution is -2.32. The van der Waals surface area contributed by atoms with Gasteiger partial charge in [-0.15, -0.1) is 10.2 Å². The van der Waals surface area contributed by atoms with Crippen LogP contribution >= 0.6 is 0 Å². The Morgan fingerprint density at radius 3 is 2.71 bits per heavy atom. The van der Waals surface area contributed by atoms with Crippen LogP contribution in [-0.2, 0) is 0 Å². The summed E-state index contributed by atoms with van der Waals surface area (Å²) >= 11 is 0. The SMILES string of the molecule is C[C@@H](Nc1ccccc1C(=O)O)c1cccc2c1nc(N1CCCCC1)n1cnnc21. The van der Waals surface area contributed by atoms with Crippen molar-refractivity contribution in [1.29, 1.82) is 0 Å². The van der Waals surface area contributed by atoms with Crippen molar-refractivity contribution >= 4 is 34.2 Å². The molecule has 31 heavy (non-hydrogen) atoms. The van der Waals surface area contributed by atoms with Gasteiger partial charge in [-0.05, 0) is 44.4 Å². The van der Waals surface area contributed by atoms with Gasteiger partial charge in [0.1, 0.15) is 6.33 Å². The number of hydrogen-bond donors (Lipinski definition) is 2. The van der Waals surface area contributed by atoms with E-state index in [9.17, 15) is 9.90 Å². The monoisotopic (exact) mass is 416 g/mol. The Hall–Kier alpha value is -3.68. The standard InChI is InChI=1S/C23H24N6O2/c1-15(25-19-11-4-3-8-17(19)22(30)31)16-9-7-10-18-20(16)26-23(28-12-5-2-6-13-28)29-14-24-27-21(18)29/h3-4,7-11,14-15,25H,2,5-6,12-13H2,1H3,(H,30,31)/t15-/m1/s1. The number of anilines is 2. The van der Waals surface area contributed by atoms with Gasteiger partial charge in [0, 0.05) is 29.7 Å². The summed E-state index contributed by atoms with van der Waals surface area (Å²) in [5.41, 5.74) is 3.46. The number of carboxylic acid groups (broad SMARTS) is 1. The third kappa shape index (κ3) is 3.43. The van der Waals surface area contributed by atoms with Crippen LogP contribution in [0.5, 0.6) is 0 Å². The molecule has 4 aromatic rings. The van der Waals surface area contributed by atoms with Crippen molar-refractivity contribution < 1.29 is 9.90 Å². The zero-order valence-corrected chi connectivity index (χ0v) is 17.3. The van der Waals surface area contributed by atoms with E-state index in [0.717, 1.165) is 54.0 Å². The molecule has 1 saturated heterocycles. The Balaban J connectivity index is 1.62. The summed E-state index contributed by atoms with van der Waals surface area (Å²) in [6.45, 7) is 3.95. The summed E-state index contributed by atoms with van der Waals surface area (Å²) in [4.78, 5) is 19.0. The number of aromatic carboxylic acids is 1. The van der Waals surface area contributed by atoms with Gasteiger partial charge in [-0.1, -0.05) is 24.3 Å². The largest absolute Gasteiger partial charge is 0.478 e. The minimum Gasteiger partial charge on any atom is -0.478 e. The van der Waals surface area contributed by atoms with E-state index in [2.05, 4.69) is 20.4 Å². The Kier molecular flexibility index (Phi) is 4.89. The number of piperidine rings is 1. The van der Waals surface area contributed by atoms with Gasteiger partial charge in [-0.2, -0.15) is 0 Å². The van der Waals surface area contributed by atoms with E-state index in [1.165, 1.54) is 6.42 Å². The summed E-state index contributed by atoms with van der Waals surface area (Å²) in [5, 5.41) is 22.3. The fraction of sp³-hybridized carbons (Fsp3) is 0.304. The maximum absolute atomic E-state index is 11.6. The van der Waals surface area contributed by atoms with Crippen LogP contribution in [0.25, 0.3) is 16.6 Å². The molecule has 158 valence electrons. The molecule has 2 aromatic carbocycles. The zero-order valence-electron chi connectivity index (χ0n) is 17.3. The first-order valence-corrected chi connectivity index (χ1v) is 10.6. The molecule has 0 saturated carbocycles. The number of carbonyl (C=O) groups is 1. The molecular formula is C23H24N6O2. The molecule has 8 heteroatoms. The summed E-state index contributed by atoms with van der Waals surface area (Å²) in [5.74, 6) is -0.0957. The number of carboxylic acids is 1. The van der Waals surface area contributed by atoms with Gasteiger partial charge in [0.15, 0.2) is 5.65 Å². The van der Waals surface area contributed by atoms with Gasteiger partial charge in [-0.25, -0.2) is 9.78 Å². The van der Waals surface area contributed by atoms with E-state index in [1.807, 2.05) is 35.6 Å². The molecule has 0 aliphatic carbocycles. The van der Waals surface area contributed by atoms with E-state index >= 15 is 0 Å². The molecule has 0 unspecified atom stereocenters. The molecule has 0 amide bonds. The van der Waals surface area contributed by atoms with Crippen LogP contribution in [0.1, 0.15) is 48.1 Å². The summed E-state index contributed by atoms with van der Waals surface area (Å²) < 4.78 is 1.97. The fourth-order valence-electron chi connectivity index (χ4n) is 4.36. The average molecular weight is 416 g/mol. The summed E-state index contributed by atoms with van der Waals surface area (Å²) in [7, 11) is 0. The lowest BCUT2D eigenvalue weighted by atomic mass is 10.0. The van der Waals surface area contributed by atoms with Gasteiger partial charge >= 0.3 is 5.97 Å². The second kappa shape index (κ2) is 7.86. The third-order valence-corrected chi connectivity index (χ3v) is 5.92. The number of rotatable bonds is 5. The molecule has 1 atom stereocenters. The number of nitrogens with one attached hydrogen (secondary N) is 1. The Bertz CT molecular complexity index is 1260. The molecule has 0 bridgehead atoms. The van der Waals surface area contributed by atoms with Crippen molar-refractivity contribution in [3.8, 4) is 0 Å². The predicted molar refractivity (Wildman–Crippen MR) is 120 cm³/mol. The first kappa shape index (κ1) is 19.3.